The first-order valence-electron chi connectivity index (χ1n) is 15.6. The Morgan fingerprint density at radius 1 is 0.489 bits per heavy atom. The predicted octanol–water partition coefficient (Wildman–Crippen LogP) is 10.1. The number of pyridine rings is 3. The highest BCUT2D eigenvalue weighted by atomic mass is 16.5. The largest absolute Gasteiger partial charge is 0.457 e. The van der Waals surface area contributed by atoms with E-state index >= 15 is 0 Å². The zero-order valence-corrected chi connectivity index (χ0v) is 25.1. The van der Waals surface area contributed by atoms with E-state index in [9.17, 15) is 0 Å². The van der Waals surface area contributed by atoms with Gasteiger partial charge in [0.2, 0.25) is 0 Å². The van der Waals surface area contributed by atoms with Gasteiger partial charge in [0.15, 0.2) is 0 Å². The van der Waals surface area contributed by atoms with Crippen LogP contribution in [0.5, 0.6) is 11.5 Å². The number of aromatic nitrogens is 5. The Hall–Kier alpha value is -6.53. The number of rotatable bonds is 4. The van der Waals surface area contributed by atoms with E-state index < -0.39 is 0 Å². The average molecular weight is 604 g/mol. The summed E-state index contributed by atoms with van der Waals surface area (Å²) in [5.41, 5.74) is 8.64. The van der Waals surface area contributed by atoms with Crippen LogP contribution in [-0.4, -0.2) is 23.8 Å². The normalized spacial score (nSPS) is 11.8. The molecule has 220 valence electrons. The van der Waals surface area contributed by atoms with E-state index in [2.05, 4.69) is 122 Å². The topological polar surface area (TPSA) is 56.7 Å². The lowest BCUT2D eigenvalue weighted by atomic mass is 9.89. The molecule has 0 amide bonds. The summed E-state index contributed by atoms with van der Waals surface area (Å²) in [4.78, 5) is 13.8. The zero-order chi connectivity index (χ0) is 30.9. The van der Waals surface area contributed by atoms with E-state index in [0.717, 1.165) is 60.8 Å². The van der Waals surface area contributed by atoms with Crippen molar-refractivity contribution in [2.24, 2.45) is 0 Å². The second kappa shape index (κ2) is 9.99. The molecule has 0 aliphatic heterocycles. The van der Waals surface area contributed by atoms with Crippen LogP contribution in [0.4, 0.5) is 0 Å². The first kappa shape index (κ1) is 25.8. The minimum atomic E-state index is 0.742. The first-order valence-corrected chi connectivity index (χ1v) is 15.6. The molecule has 6 nitrogen and oxygen atoms in total. The summed E-state index contributed by atoms with van der Waals surface area (Å²) in [6.07, 6.45) is 11.4. The quantitative estimate of drug-likeness (QED) is 0.188. The molecule has 0 aliphatic rings. The molecule has 5 aromatic carbocycles. The molecule has 0 aliphatic carbocycles. The number of nitrogens with zero attached hydrogens (tertiary/aromatic N) is 5. The van der Waals surface area contributed by atoms with Crippen molar-refractivity contribution in [2.45, 2.75) is 0 Å². The Kier molecular flexibility index (Phi) is 5.48. The Morgan fingerprint density at radius 3 is 1.85 bits per heavy atom. The fourth-order valence-corrected chi connectivity index (χ4v) is 7.16. The summed E-state index contributed by atoms with van der Waals surface area (Å²) in [5.74, 6) is 1.48. The molecule has 6 heteroatoms. The van der Waals surface area contributed by atoms with E-state index in [4.69, 9.17) is 9.72 Å². The third-order valence-corrected chi connectivity index (χ3v) is 9.19. The molecular formula is C41H25N5O. The molecule has 0 spiro atoms. The maximum absolute atomic E-state index is 6.59. The van der Waals surface area contributed by atoms with Crippen LogP contribution in [0.1, 0.15) is 0 Å². The van der Waals surface area contributed by atoms with Gasteiger partial charge in [-0.1, -0.05) is 66.7 Å². The molecule has 0 fully saturated rings. The van der Waals surface area contributed by atoms with Crippen LogP contribution in [0.15, 0.2) is 152 Å². The van der Waals surface area contributed by atoms with Crippen LogP contribution in [0, 0.1) is 0 Å². The van der Waals surface area contributed by atoms with Gasteiger partial charge in [0.25, 0.3) is 0 Å². The van der Waals surface area contributed by atoms with Crippen molar-refractivity contribution in [3.05, 3.63) is 152 Å². The van der Waals surface area contributed by atoms with Gasteiger partial charge in [-0.25, -0.2) is 9.97 Å². The first-order chi connectivity index (χ1) is 23.3. The number of benzene rings is 5. The summed E-state index contributed by atoms with van der Waals surface area (Å²) in [6.45, 7) is 0. The molecule has 5 heterocycles. The Bertz CT molecular complexity index is 2820. The number of hydrogen-bond acceptors (Lipinski definition) is 4. The van der Waals surface area contributed by atoms with Gasteiger partial charge in [-0.15, -0.1) is 0 Å². The van der Waals surface area contributed by atoms with Crippen LogP contribution in [0.2, 0.25) is 0 Å². The fourth-order valence-electron chi connectivity index (χ4n) is 7.16. The highest BCUT2D eigenvalue weighted by Gasteiger charge is 2.19. The Labute approximate surface area is 268 Å². The van der Waals surface area contributed by atoms with Gasteiger partial charge >= 0.3 is 0 Å². The summed E-state index contributed by atoms with van der Waals surface area (Å²) in [7, 11) is 0. The van der Waals surface area contributed by atoms with Crippen LogP contribution >= 0.6 is 0 Å². The SMILES string of the molecule is c1ccc(-c2ccc3c(c2-c2ccccc2)c2ccc(Oc4ccc5c6ccncc6n6ccnc6c5c4)cc2c2nccn32)cc1. The number of fused-ring (bicyclic) bond motifs is 12. The van der Waals surface area contributed by atoms with Gasteiger partial charge in [-0.3, -0.25) is 13.8 Å². The molecule has 0 unspecified atom stereocenters. The molecule has 10 rings (SSSR count). The summed E-state index contributed by atoms with van der Waals surface area (Å²) < 4.78 is 10.9. The maximum atomic E-state index is 6.59. The molecule has 0 atom stereocenters. The molecule has 10 aromatic rings. The van der Waals surface area contributed by atoms with Gasteiger partial charge in [0.1, 0.15) is 22.8 Å². The smallest absolute Gasteiger partial charge is 0.145 e. The lowest BCUT2D eigenvalue weighted by Crippen LogP contribution is -1.96. The standard InChI is InChI=1S/C41H25N5O/c1-3-7-26(8-4-1)30-15-16-36-39(38(30)27-9-5-2-6-10-27)33-14-12-29(24-35(33)41-44-19-21-45(36)41)47-28-11-13-31-32-17-18-42-25-37(32)46-22-20-43-40(46)34(31)23-28/h1-25H. The Balaban J connectivity index is 1.19. The lowest BCUT2D eigenvalue weighted by molar-refractivity contribution is 0.484. The van der Waals surface area contributed by atoms with E-state index in [0.29, 0.717) is 0 Å². The highest BCUT2D eigenvalue weighted by Crippen LogP contribution is 2.43. The van der Waals surface area contributed by atoms with E-state index in [1.807, 2.05) is 49.3 Å². The van der Waals surface area contributed by atoms with Crippen molar-refractivity contribution in [2.75, 3.05) is 0 Å². The van der Waals surface area contributed by atoms with Crippen LogP contribution in [-0.2, 0) is 0 Å². The monoisotopic (exact) mass is 603 g/mol. The molecule has 0 saturated heterocycles. The summed E-state index contributed by atoms with van der Waals surface area (Å²) in [5, 5.41) is 6.58. The minimum absolute atomic E-state index is 0.742. The molecule has 0 radical (unpaired) electrons. The van der Waals surface area contributed by atoms with Crippen molar-refractivity contribution in [3.63, 3.8) is 0 Å². The van der Waals surface area contributed by atoms with Crippen molar-refractivity contribution in [1.29, 1.82) is 0 Å². The fraction of sp³-hybridized carbons (Fsp3) is 0. The minimum Gasteiger partial charge on any atom is -0.457 e. The van der Waals surface area contributed by atoms with Crippen LogP contribution in [0.25, 0.3) is 76.9 Å². The predicted molar refractivity (Wildman–Crippen MR) is 189 cm³/mol. The van der Waals surface area contributed by atoms with Gasteiger partial charge < -0.3 is 4.74 Å². The van der Waals surface area contributed by atoms with E-state index in [-0.39, 0.29) is 0 Å². The zero-order valence-electron chi connectivity index (χ0n) is 25.1. The van der Waals surface area contributed by atoms with Crippen molar-refractivity contribution in [1.82, 2.24) is 23.8 Å². The Morgan fingerprint density at radius 2 is 1.13 bits per heavy atom. The second-order valence-corrected chi connectivity index (χ2v) is 11.8. The van der Waals surface area contributed by atoms with Crippen molar-refractivity contribution >= 4 is 54.6 Å². The summed E-state index contributed by atoms with van der Waals surface area (Å²) in [6, 6.07) is 40.3. The van der Waals surface area contributed by atoms with Crippen LogP contribution < -0.4 is 4.74 Å². The van der Waals surface area contributed by atoms with Crippen LogP contribution in [0.3, 0.4) is 0 Å². The number of ether oxygens (including phenoxy) is 1. The second-order valence-electron chi connectivity index (χ2n) is 11.8. The van der Waals surface area contributed by atoms with E-state index in [1.165, 1.54) is 27.6 Å². The van der Waals surface area contributed by atoms with E-state index in [1.54, 1.807) is 0 Å². The lowest BCUT2D eigenvalue weighted by Gasteiger charge is -2.18. The number of imidazole rings is 2. The molecule has 0 bridgehead atoms. The third-order valence-electron chi connectivity index (χ3n) is 9.19. The number of hydrogen-bond donors (Lipinski definition) is 0. The highest BCUT2D eigenvalue weighted by molar-refractivity contribution is 6.20. The molecular weight excluding hydrogens is 578 g/mol. The van der Waals surface area contributed by atoms with Gasteiger partial charge in [-0.05, 0) is 81.6 Å². The van der Waals surface area contributed by atoms with Crippen molar-refractivity contribution in [3.8, 4) is 33.8 Å². The molecule has 0 N–H and O–H groups in total. The van der Waals surface area contributed by atoms with Crippen molar-refractivity contribution < 1.29 is 4.74 Å². The summed E-state index contributed by atoms with van der Waals surface area (Å²) >= 11 is 0. The molecule has 0 saturated carbocycles. The van der Waals surface area contributed by atoms with Gasteiger partial charge in [0, 0.05) is 52.5 Å². The third kappa shape index (κ3) is 3.88. The molecule has 47 heavy (non-hydrogen) atoms. The van der Waals surface area contributed by atoms with Gasteiger partial charge in [0.05, 0.1) is 17.2 Å². The molecule has 5 aromatic heterocycles. The maximum Gasteiger partial charge on any atom is 0.145 e. The average Bonchev–Trinajstić information content (AvgIpc) is 3.84. The van der Waals surface area contributed by atoms with Gasteiger partial charge in [-0.2, -0.15) is 0 Å².